The zero-order chi connectivity index (χ0) is 20.3. The number of aliphatic imine (C=N–C) groups is 1. The van der Waals surface area contributed by atoms with Gasteiger partial charge in [0.25, 0.3) is 0 Å². The Balaban J connectivity index is 0.00000320. The minimum Gasteiger partial charge on any atom is -0.496 e. The maximum Gasteiger partial charge on any atom is 0.191 e. The van der Waals surface area contributed by atoms with Crippen molar-refractivity contribution in [3.63, 3.8) is 0 Å². The van der Waals surface area contributed by atoms with Crippen LogP contribution >= 0.6 is 24.0 Å². The highest BCUT2D eigenvalue weighted by molar-refractivity contribution is 14.0. The molecule has 0 aliphatic carbocycles. The Kier molecular flexibility index (Phi) is 10.8. The molecule has 1 fully saturated rings. The Bertz CT molecular complexity index is 773. The summed E-state index contributed by atoms with van der Waals surface area (Å²) in [6.45, 7) is 6.35. The topological polar surface area (TPSA) is 61.8 Å². The molecular weight excluding hydrogens is 489 g/mol. The van der Waals surface area contributed by atoms with Crippen molar-refractivity contribution in [1.82, 2.24) is 15.6 Å². The maximum absolute atomic E-state index is 5.42. The lowest BCUT2D eigenvalue weighted by Gasteiger charge is -2.21. The van der Waals surface area contributed by atoms with Crippen molar-refractivity contribution < 1.29 is 4.74 Å². The second kappa shape index (κ2) is 13.3. The van der Waals surface area contributed by atoms with Gasteiger partial charge in [-0.1, -0.05) is 37.1 Å². The lowest BCUT2D eigenvalue weighted by Crippen LogP contribution is -2.36. The van der Waals surface area contributed by atoms with Gasteiger partial charge in [-0.25, -0.2) is 9.98 Å². The number of nitrogens with one attached hydrogen (secondary N) is 2. The molecule has 0 atom stereocenters. The Morgan fingerprint density at radius 2 is 1.83 bits per heavy atom. The highest BCUT2D eigenvalue weighted by atomic mass is 127. The predicted molar refractivity (Wildman–Crippen MR) is 135 cm³/mol. The van der Waals surface area contributed by atoms with Gasteiger partial charge in [-0.05, 0) is 37.5 Å². The van der Waals surface area contributed by atoms with Crippen LogP contribution in [-0.4, -0.2) is 37.7 Å². The van der Waals surface area contributed by atoms with Crippen LogP contribution in [0.2, 0.25) is 0 Å². The molecule has 2 aromatic rings. The van der Waals surface area contributed by atoms with E-state index in [1.807, 2.05) is 24.4 Å². The Labute approximate surface area is 197 Å². The molecule has 0 bridgehead atoms. The SMILES string of the molecule is CCNC(=NCc1ccc(N2CCCCCC2)nc1)NCc1ccccc1OC.I. The smallest absolute Gasteiger partial charge is 0.191 e. The number of methoxy groups -OCH3 is 1. The van der Waals surface area contributed by atoms with E-state index in [4.69, 9.17) is 9.73 Å². The molecule has 2 heterocycles. The number of benzene rings is 1. The largest absolute Gasteiger partial charge is 0.496 e. The second-order valence-electron chi connectivity index (χ2n) is 7.29. The fourth-order valence-electron chi connectivity index (χ4n) is 3.54. The van der Waals surface area contributed by atoms with E-state index in [9.17, 15) is 0 Å². The van der Waals surface area contributed by atoms with Crippen molar-refractivity contribution in [2.75, 3.05) is 31.6 Å². The summed E-state index contributed by atoms with van der Waals surface area (Å²) in [5, 5.41) is 6.68. The van der Waals surface area contributed by atoms with Crippen LogP contribution < -0.4 is 20.3 Å². The summed E-state index contributed by atoms with van der Waals surface area (Å²) < 4.78 is 5.42. The van der Waals surface area contributed by atoms with E-state index in [1.165, 1.54) is 25.7 Å². The van der Waals surface area contributed by atoms with E-state index in [1.54, 1.807) is 7.11 Å². The molecule has 1 aromatic heterocycles. The van der Waals surface area contributed by atoms with Crippen LogP contribution in [0.15, 0.2) is 47.6 Å². The minimum atomic E-state index is 0. The number of pyridine rings is 1. The molecule has 30 heavy (non-hydrogen) atoms. The molecule has 6 nitrogen and oxygen atoms in total. The highest BCUT2D eigenvalue weighted by Crippen LogP contribution is 2.18. The first-order valence-electron chi connectivity index (χ1n) is 10.6. The molecule has 164 valence electrons. The molecule has 2 N–H and O–H groups in total. The second-order valence-corrected chi connectivity index (χ2v) is 7.29. The Hall–Kier alpha value is -2.03. The number of nitrogens with zero attached hydrogens (tertiary/aromatic N) is 3. The van der Waals surface area contributed by atoms with E-state index in [2.05, 4.69) is 45.6 Å². The molecule has 3 rings (SSSR count). The average Bonchev–Trinajstić information content (AvgIpc) is 3.06. The van der Waals surface area contributed by atoms with E-state index >= 15 is 0 Å². The van der Waals surface area contributed by atoms with Gasteiger partial charge in [0.1, 0.15) is 11.6 Å². The third-order valence-corrected chi connectivity index (χ3v) is 5.14. The fourth-order valence-corrected chi connectivity index (χ4v) is 3.54. The summed E-state index contributed by atoms with van der Waals surface area (Å²) >= 11 is 0. The fraction of sp³-hybridized carbons (Fsp3) is 0.478. The van der Waals surface area contributed by atoms with Crippen LogP contribution in [0.25, 0.3) is 0 Å². The summed E-state index contributed by atoms with van der Waals surface area (Å²) in [6, 6.07) is 12.3. The number of ether oxygens (including phenoxy) is 1. The van der Waals surface area contributed by atoms with Gasteiger partial charge in [-0.3, -0.25) is 0 Å². The van der Waals surface area contributed by atoms with Crippen molar-refractivity contribution in [3.8, 4) is 5.75 Å². The van der Waals surface area contributed by atoms with Gasteiger partial charge >= 0.3 is 0 Å². The van der Waals surface area contributed by atoms with Gasteiger partial charge in [0.2, 0.25) is 0 Å². The normalized spacial score (nSPS) is 14.5. The number of anilines is 1. The molecule has 0 saturated carbocycles. The number of hydrogen-bond acceptors (Lipinski definition) is 4. The summed E-state index contributed by atoms with van der Waals surface area (Å²) in [7, 11) is 1.69. The molecule has 1 aromatic carbocycles. The number of guanidine groups is 1. The molecule has 1 saturated heterocycles. The van der Waals surface area contributed by atoms with Gasteiger partial charge in [0.15, 0.2) is 5.96 Å². The van der Waals surface area contributed by atoms with Gasteiger partial charge in [0, 0.05) is 37.9 Å². The van der Waals surface area contributed by atoms with Crippen LogP contribution in [0.3, 0.4) is 0 Å². The van der Waals surface area contributed by atoms with Gasteiger partial charge in [0.05, 0.1) is 13.7 Å². The van der Waals surface area contributed by atoms with E-state index in [0.29, 0.717) is 13.1 Å². The monoisotopic (exact) mass is 523 g/mol. The van der Waals surface area contributed by atoms with Crippen molar-refractivity contribution >= 4 is 35.8 Å². The van der Waals surface area contributed by atoms with E-state index in [0.717, 1.165) is 48.3 Å². The van der Waals surface area contributed by atoms with Gasteiger partial charge in [-0.15, -0.1) is 24.0 Å². The quantitative estimate of drug-likeness (QED) is 0.321. The first-order chi connectivity index (χ1) is 14.3. The van der Waals surface area contributed by atoms with Crippen LogP contribution in [0.1, 0.15) is 43.7 Å². The molecule has 0 amide bonds. The van der Waals surface area contributed by atoms with Crippen molar-refractivity contribution in [3.05, 3.63) is 53.7 Å². The summed E-state index contributed by atoms with van der Waals surface area (Å²) in [6.07, 6.45) is 7.14. The van der Waals surface area contributed by atoms with Crippen LogP contribution in [0.5, 0.6) is 5.75 Å². The third-order valence-electron chi connectivity index (χ3n) is 5.14. The van der Waals surface area contributed by atoms with Gasteiger partial charge in [-0.2, -0.15) is 0 Å². The first-order valence-corrected chi connectivity index (χ1v) is 10.6. The Morgan fingerprint density at radius 1 is 1.07 bits per heavy atom. The van der Waals surface area contributed by atoms with Crippen LogP contribution in [0, 0.1) is 0 Å². The van der Waals surface area contributed by atoms with E-state index < -0.39 is 0 Å². The number of halogens is 1. The van der Waals surface area contributed by atoms with Crippen molar-refractivity contribution in [2.24, 2.45) is 4.99 Å². The lowest BCUT2D eigenvalue weighted by molar-refractivity contribution is 0.409. The maximum atomic E-state index is 5.42. The Morgan fingerprint density at radius 3 is 2.50 bits per heavy atom. The zero-order valence-corrected chi connectivity index (χ0v) is 20.4. The van der Waals surface area contributed by atoms with E-state index in [-0.39, 0.29) is 24.0 Å². The number of aromatic nitrogens is 1. The van der Waals surface area contributed by atoms with Crippen LogP contribution in [-0.2, 0) is 13.1 Å². The molecule has 0 unspecified atom stereocenters. The van der Waals surface area contributed by atoms with Crippen molar-refractivity contribution in [1.29, 1.82) is 0 Å². The summed E-state index contributed by atoms with van der Waals surface area (Å²) in [5.41, 5.74) is 2.21. The number of para-hydroxylation sites is 1. The molecule has 0 radical (unpaired) electrons. The summed E-state index contributed by atoms with van der Waals surface area (Å²) in [4.78, 5) is 11.8. The van der Waals surface area contributed by atoms with Gasteiger partial charge < -0.3 is 20.3 Å². The zero-order valence-electron chi connectivity index (χ0n) is 18.1. The highest BCUT2D eigenvalue weighted by Gasteiger charge is 2.10. The summed E-state index contributed by atoms with van der Waals surface area (Å²) in [5.74, 6) is 2.75. The molecule has 1 aliphatic rings. The van der Waals surface area contributed by atoms with Crippen LogP contribution in [0.4, 0.5) is 5.82 Å². The molecule has 1 aliphatic heterocycles. The number of rotatable bonds is 7. The molecular formula is C23H34IN5O. The number of hydrogen-bond donors (Lipinski definition) is 2. The van der Waals surface area contributed by atoms with Crippen molar-refractivity contribution in [2.45, 2.75) is 45.7 Å². The minimum absolute atomic E-state index is 0. The first kappa shape index (κ1) is 24.2. The lowest BCUT2D eigenvalue weighted by atomic mass is 10.2. The molecule has 7 heteroatoms. The third kappa shape index (κ3) is 7.34. The average molecular weight is 523 g/mol. The standard InChI is InChI=1S/C23H33N5O.HI/c1-3-24-23(27-18-20-10-6-7-11-21(20)29-2)26-17-19-12-13-22(25-16-19)28-14-8-4-5-9-15-28;/h6-7,10-13,16H,3-5,8-9,14-15,17-18H2,1-2H3,(H2,24,26,27);1H. The molecule has 0 spiro atoms. The predicted octanol–water partition coefficient (Wildman–Crippen LogP) is 4.34.